The van der Waals surface area contributed by atoms with Gasteiger partial charge in [0.05, 0.1) is 0 Å². The first-order valence-electron chi connectivity index (χ1n) is 5.61. The summed E-state index contributed by atoms with van der Waals surface area (Å²) in [6.07, 6.45) is 4.38. The topological polar surface area (TPSA) is 73.1 Å². The molecule has 1 aromatic rings. The minimum Gasteiger partial charge on any atom is -0.385 e. The summed E-state index contributed by atoms with van der Waals surface area (Å²) in [5.74, 6) is 1.43. The Hall–Kier alpha value is -1.36. The molecule has 0 aliphatic rings. The number of nitrogens with zero attached hydrogens (tertiary/aromatic N) is 2. The molecular formula is C11H20N4O. The van der Waals surface area contributed by atoms with Gasteiger partial charge >= 0.3 is 0 Å². The van der Waals surface area contributed by atoms with Crippen LogP contribution in [0.15, 0.2) is 6.33 Å². The van der Waals surface area contributed by atoms with Crippen molar-refractivity contribution in [3.05, 3.63) is 11.9 Å². The summed E-state index contributed by atoms with van der Waals surface area (Å²) in [4.78, 5) is 8.22. The smallest absolute Gasteiger partial charge is 0.134 e. The number of ether oxygens (including phenoxy) is 1. The van der Waals surface area contributed by atoms with Crippen molar-refractivity contribution in [2.45, 2.75) is 26.2 Å². The summed E-state index contributed by atoms with van der Waals surface area (Å²) < 4.78 is 4.98. The number of anilines is 2. The maximum absolute atomic E-state index is 5.82. The third kappa shape index (κ3) is 3.66. The van der Waals surface area contributed by atoms with E-state index in [4.69, 9.17) is 10.5 Å². The maximum atomic E-state index is 5.82. The molecule has 0 bridgehead atoms. The number of nitrogens with two attached hydrogens (primary N) is 1. The summed E-state index contributed by atoms with van der Waals surface area (Å²) in [7, 11) is 1.70. The van der Waals surface area contributed by atoms with Crippen LogP contribution in [0.3, 0.4) is 0 Å². The second kappa shape index (κ2) is 7.00. The Morgan fingerprint density at radius 2 is 2.25 bits per heavy atom. The van der Waals surface area contributed by atoms with Crippen molar-refractivity contribution in [3.63, 3.8) is 0 Å². The van der Waals surface area contributed by atoms with E-state index in [1.165, 1.54) is 6.33 Å². The largest absolute Gasteiger partial charge is 0.385 e. The van der Waals surface area contributed by atoms with Gasteiger partial charge < -0.3 is 15.8 Å². The van der Waals surface area contributed by atoms with Crippen molar-refractivity contribution in [1.29, 1.82) is 0 Å². The lowest BCUT2D eigenvalue weighted by Gasteiger charge is -2.11. The highest BCUT2D eigenvalue weighted by atomic mass is 16.5. The minimum absolute atomic E-state index is 0.575. The fraction of sp³-hybridized carbons (Fsp3) is 0.636. The number of aromatic nitrogens is 2. The van der Waals surface area contributed by atoms with Crippen LogP contribution in [0.25, 0.3) is 0 Å². The Bertz CT molecular complexity index is 317. The molecule has 5 heteroatoms. The number of nitrogens with one attached hydrogen (secondary N) is 1. The van der Waals surface area contributed by atoms with Crippen LogP contribution < -0.4 is 11.1 Å². The molecule has 3 N–H and O–H groups in total. The molecule has 0 radical (unpaired) electrons. The van der Waals surface area contributed by atoms with Crippen LogP contribution in [0.1, 0.15) is 25.3 Å². The van der Waals surface area contributed by atoms with Crippen molar-refractivity contribution < 1.29 is 4.74 Å². The zero-order valence-electron chi connectivity index (χ0n) is 9.99. The summed E-state index contributed by atoms with van der Waals surface area (Å²) in [6.45, 7) is 3.69. The van der Waals surface area contributed by atoms with Crippen LogP contribution in [0.2, 0.25) is 0 Å². The molecular weight excluding hydrogens is 204 g/mol. The van der Waals surface area contributed by atoms with Gasteiger partial charge in [-0.15, -0.1) is 0 Å². The predicted molar refractivity (Wildman–Crippen MR) is 65.4 cm³/mol. The fourth-order valence-corrected chi connectivity index (χ4v) is 1.50. The molecule has 0 unspecified atom stereocenters. The Labute approximate surface area is 96.4 Å². The lowest BCUT2D eigenvalue weighted by Crippen LogP contribution is -2.10. The van der Waals surface area contributed by atoms with Crippen LogP contribution in [-0.2, 0) is 11.2 Å². The molecule has 0 amide bonds. The van der Waals surface area contributed by atoms with Gasteiger partial charge in [0.1, 0.15) is 18.0 Å². The van der Waals surface area contributed by atoms with Crippen LogP contribution >= 0.6 is 0 Å². The molecule has 0 saturated carbocycles. The van der Waals surface area contributed by atoms with Crippen molar-refractivity contribution in [1.82, 2.24) is 9.97 Å². The van der Waals surface area contributed by atoms with Crippen LogP contribution in [0.4, 0.5) is 11.6 Å². The van der Waals surface area contributed by atoms with E-state index in [1.807, 2.05) is 0 Å². The van der Waals surface area contributed by atoms with Gasteiger partial charge in [0.15, 0.2) is 0 Å². The second-order valence-electron chi connectivity index (χ2n) is 3.61. The molecule has 0 fully saturated rings. The number of rotatable bonds is 7. The zero-order valence-corrected chi connectivity index (χ0v) is 9.99. The lowest BCUT2D eigenvalue weighted by atomic mass is 10.1. The van der Waals surface area contributed by atoms with Gasteiger partial charge in [0, 0.05) is 25.8 Å². The highest BCUT2D eigenvalue weighted by Gasteiger charge is 2.07. The summed E-state index contributed by atoms with van der Waals surface area (Å²) >= 11 is 0. The van der Waals surface area contributed by atoms with Gasteiger partial charge in [-0.3, -0.25) is 0 Å². The van der Waals surface area contributed by atoms with Gasteiger partial charge in [0.2, 0.25) is 0 Å². The minimum atomic E-state index is 0.575. The third-order valence-electron chi connectivity index (χ3n) is 2.30. The summed E-state index contributed by atoms with van der Waals surface area (Å²) in [5.41, 5.74) is 6.84. The van der Waals surface area contributed by atoms with Crippen molar-refractivity contribution in [2.75, 3.05) is 31.3 Å². The fourth-order valence-electron chi connectivity index (χ4n) is 1.50. The van der Waals surface area contributed by atoms with Crippen molar-refractivity contribution in [2.24, 2.45) is 0 Å². The van der Waals surface area contributed by atoms with E-state index in [2.05, 4.69) is 22.2 Å². The number of hydrogen-bond acceptors (Lipinski definition) is 5. The molecule has 1 heterocycles. The van der Waals surface area contributed by atoms with E-state index in [1.54, 1.807) is 7.11 Å². The monoisotopic (exact) mass is 224 g/mol. The highest BCUT2D eigenvalue weighted by Crippen LogP contribution is 2.18. The molecule has 90 valence electrons. The average Bonchev–Trinajstić information content (AvgIpc) is 2.29. The van der Waals surface area contributed by atoms with Crippen molar-refractivity contribution >= 4 is 11.6 Å². The van der Waals surface area contributed by atoms with Gasteiger partial charge in [-0.1, -0.05) is 13.3 Å². The first kappa shape index (κ1) is 12.7. The normalized spacial score (nSPS) is 10.4. The summed E-state index contributed by atoms with van der Waals surface area (Å²) in [5, 5.41) is 3.26. The molecule has 0 aliphatic carbocycles. The number of nitrogen functional groups attached to an aromatic ring is 1. The lowest BCUT2D eigenvalue weighted by molar-refractivity contribution is 0.197. The van der Waals surface area contributed by atoms with Crippen LogP contribution in [0.5, 0.6) is 0 Å². The predicted octanol–water partition coefficient (Wildman–Crippen LogP) is 1.46. The Kier molecular flexibility index (Phi) is 5.56. The molecule has 5 nitrogen and oxygen atoms in total. The molecule has 0 aromatic carbocycles. The van der Waals surface area contributed by atoms with Gasteiger partial charge in [0.25, 0.3) is 0 Å². The maximum Gasteiger partial charge on any atom is 0.134 e. The van der Waals surface area contributed by atoms with Gasteiger partial charge in [-0.25, -0.2) is 9.97 Å². The Morgan fingerprint density at radius 1 is 1.44 bits per heavy atom. The molecule has 0 atom stereocenters. The zero-order chi connectivity index (χ0) is 11.8. The molecule has 1 aromatic heterocycles. The van der Waals surface area contributed by atoms with Crippen molar-refractivity contribution in [3.8, 4) is 0 Å². The molecule has 0 saturated heterocycles. The van der Waals surface area contributed by atoms with Crippen LogP contribution in [-0.4, -0.2) is 30.2 Å². The van der Waals surface area contributed by atoms with E-state index in [-0.39, 0.29) is 0 Å². The average molecular weight is 224 g/mol. The van der Waals surface area contributed by atoms with E-state index >= 15 is 0 Å². The van der Waals surface area contributed by atoms with Gasteiger partial charge in [-0.2, -0.15) is 0 Å². The third-order valence-corrected chi connectivity index (χ3v) is 2.30. The van der Waals surface area contributed by atoms with E-state index < -0.39 is 0 Å². The van der Waals surface area contributed by atoms with E-state index in [0.29, 0.717) is 5.82 Å². The SMILES string of the molecule is CCCc1c(N)ncnc1NCCCOC. The summed E-state index contributed by atoms with van der Waals surface area (Å²) in [6, 6.07) is 0. The molecule has 1 rings (SSSR count). The molecule has 16 heavy (non-hydrogen) atoms. The highest BCUT2D eigenvalue weighted by molar-refractivity contribution is 5.54. The van der Waals surface area contributed by atoms with Crippen LogP contribution in [0, 0.1) is 0 Å². The molecule has 0 spiro atoms. The Balaban J connectivity index is 2.59. The quantitative estimate of drug-likeness (QED) is 0.686. The Morgan fingerprint density at radius 3 is 2.94 bits per heavy atom. The molecule has 0 aliphatic heterocycles. The standard InChI is InChI=1S/C11H20N4O/c1-3-5-9-10(12)14-8-15-11(9)13-6-4-7-16-2/h8H,3-7H2,1-2H3,(H3,12,13,14,15). The first-order chi connectivity index (χ1) is 7.79. The number of hydrogen-bond donors (Lipinski definition) is 2. The van der Waals surface area contributed by atoms with Gasteiger partial charge in [-0.05, 0) is 12.8 Å². The van der Waals surface area contributed by atoms with E-state index in [0.717, 1.165) is 43.8 Å². The van der Waals surface area contributed by atoms with E-state index in [9.17, 15) is 0 Å². The number of methoxy groups -OCH3 is 1. The first-order valence-corrected chi connectivity index (χ1v) is 5.61. The second-order valence-corrected chi connectivity index (χ2v) is 3.61.